The van der Waals surface area contributed by atoms with Crippen LogP contribution in [-0.2, 0) is 10.2 Å². The van der Waals surface area contributed by atoms with E-state index in [4.69, 9.17) is 11.6 Å². The van der Waals surface area contributed by atoms with Crippen LogP contribution in [0.15, 0.2) is 48.7 Å². The first-order valence-corrected chi connectivity index (χ1v) is 7.18. The van der Waals surface area contributed by atoms with E-state index in [0.717, 1.165) is 23.0 Å². The lowest BCUT2D eigenvalue weighted by molar-refractivity contribution is -0.104. The third-order valence-corrected chi connectivity index (χ3v) is 3.54. The van der Waals surface area contributed by atoms with Crippen LogP contribution in [0.2, 0.25) is 5.15 Å². The third kappa shape index (κ3) is 3.79. The maximum atomic E-state index is 10.9. The van der Waals surface area contributed by atoms with Crippen LogP contribution in [0.1, 0.15) is 37.5 Å². The average Bonchev–Trinajstić information content (AvgIpc) is 2.44. The molecule has 0 fully saturated rings. The molecule has 0 N–H and O–H groups in total. The van der Waals surface area contributed by atoms with Gasteiger partial charge in [-0.15, -0.1) is 0 Å². The molecule has 108 valence electrons. The van der Waals surface area contributed by atoms with Crippen molar-refractivity contribution in [3.05, 3.63) is 70.5 Å². The van der Waals surface area contributed by atoms with Crippen molar-refractivity contribution < 1.29 is 4.79 Å². The van der Waals surface area contributed by atoms with Crippen LogP contribution in [0.3, 0.4) is 0 Å². The molecule has 1 heterocycles. The van der Waals surface area contributed by atoms with Gasteiger partial charge in [-0.1, -0.05) is 56.6 Å². The fraction of sp³-hybridized carbons (Fsp3) is 0.222. The van der Waals surface area contributed by atoms with Crippen molar-refractivity contribution in [1.29, 1.82) is 0 Å². The number of benzene rings is 1. The maximum absolute atomic E-state index is 10.9. The second kappa shape index (κ2) is 6.23. The molecule has 0 unspecified atom stereocenters. The summed E-state index contributed by atoms with van der Waals surface area (Å²) in [7, 11) is 0. The molecule has 1 aromatic heterocycles. The van der Waals surface area contributed by atoms with Crippen molar-refractivity contribution in [2.75, 3.05) is 0 Å². The lowest BCUT2D eigenvalue weighted by Crippen LogP contribution is -2.10. The van der Waals surface area contributed by atoms with Crippen molar-refractivity contribution in [1.82, 2.24) is 4.98 Å². The van der Waals surface area contributed by atoms with Gasteiger partial charge in [-0.05, 0) is 45.9 Å². The molecule has 21 heavy (non-hydrogen) atoms. The minimum atomic E-state index is 0.104. The van der Waals surface area contributed by atoms with Crippen molar-refractivity contribution in [2.45, 2.75) is 26.2 Å². The van der Waals surface area contributed by atoms with Gasteiger partial charge in [0.05, 0.1) is 0 Å². The Morgan fingerprint density at radius 1 is 1.10 bits per heavy atom. The number of nitrogens with zero attached hydrogens (tertiary/aromatic N) is 1. The van der Waals surface area contributed by atoms with E-state index in [1.54, 1.807) is 18.3 Å². The highest BCUT2D eigenvalue weighted by molar-refractivity contribution is 6.29. The minimum Gasteiger partial charge on any atom is -0.299 e. The van der Waals surface area contributed by atoms with E-state index in [9.17, 15) is 4.79 Å². The lowest BCUT2D eigenvalue weighted by atomic mass is 9.86. The SMILES string of the molecule is CC(C)(C)c1ccc(/C(=C\C=O)c2ccnc(Cl)c2)cc1. The number of aldehydes is 1. The Hall–Kier alpha value is -1.93. The zero-order valence-corrected chi connectivity index (χ0v) is 13.2. The monoisotopic (exact) mass is 299 g/mol. The summed E-state index contributed by atoms with van der Waals surface area (Å²) in [6, 6.07) is 11.9. The van der Waals surface area contributed by atoms with E-state index in [1.165, 1.54) is 5.56 Å². The first-order chi connectivity index (χ1) is 9.91. The van der Waals surface area contributed by atoms with Crippen molar-refractivity contribution >= 4 is 23.5 Å². The summed E-state index contributed by atoms with van der Waals surface area (Å²) in [5.74, 6) is 0. The summed E-state index contributed by atoms with van der Waals surface area (Å²) >= 11 is 5.93. The Morgan fingerprint density at radius 2 is 1.76 bits per heavy atom. The van der Waals surface area contributed by atoms with Crippen LogP contribution in [0.25, 0.3) is 5.57 Å². The topological polar surface area (TPSA) is 30.0 Å². The molecule has 0 aliphatic heterocycles. The normalized spacial score (nSPS) is 12.3. The minimum absolute atomic E-state index is 0.104. The molecule has 0 radical (unpaired) electrons. The van der Waals surface area contributed by atoms with Gasteiger partial charge in [0.1, 0.15) is 11.4 Å². The van der Waals surface area contributed by atoms with E-state index in [1.807, 2.05) is 18.2 Å². The number of carbonyl (C=O) groups is 1. The molecule has 2 rings (SSSR count). The van der Waals surface area contributed by atoms with Crippen LogP contribution >= 0.6 is 11.6 Å². The Morgan fingerprint density at radius 3 is 2.29 bits per heavy atom. The lowest BCUT2D eigenvalue weighted by Gasteiger charge is -2.19. The fourth-order valence-electron chi connectivity index (χ4n) is 2.15. The molecule has 0 spiro atoms. The molecule has 0 atom stereocenters. The average molecular weight is 300 g/mol. The molecule has 2 nitrogen and oxygen atoms in total. The van der Waals surface area contributed by atoms with Crippen LogP contribution in [0.5, 0.6) is 0 Å². The number of hydrogen-bond donors (Lipinski definition) is 0. The summed E-state index contributed by atoms with van der Waals surface area (Å²) in [5, 5.41) is 0.413. The molecule has 0 amide bonds. The molecule has 0 bridgehead atoms. The number of carbonyl (C=O) groups excluding carboxylic acids is 1. The van der Waals surface area contributed by atoms with Gasteiger partial charge >= 0.3 is 0 Å². The summed E-state index contributed by atoms with van der Waals surface area (Å²) < 4.78 is 0. The molecule has 3 heteroatoms. The van der Waals surface area contributed by atoms with Crippen LogP contribution in [0.4, 0.5) is 0 Å². The fourth-order valence-corrected chi connectivity index (χ4v) is 2.32. The number of pyridine rings is 1. The third-order valence-electron chi connectivity index (χ3n) is 3.33. The Balaban J connectivity index is 2.45. The number of halogens is 1. The van der Waals surface area contributed by atoms with E-state index in [0.29, 0.717) is 5.15 Å². The predicted octanol–water partition coefficient (Wildman–Crippen LogP) is 4.66. The van der Waals surface area contributed by atoms with Crippen LogP contribution in [-0.4, -0.2) is 11.3 Å². The second-order valence-corrected chi connectivity index (χ2v) is 6.30. The van der Waals surface area contributed by atoms with E-state index >= 15 is 0 Å². The Kier molecular flexibility index (Phi) is 4.59. The number of rotatable bonds is 3. The van der Waals surface area contributed by atoms with Gasteiger partial charge in [0.15, 0.2) is 0 Å². The van der Waals surface area contributed by atoms with Crippen LogP contribution < -0.4 is 0 Å². The van der Waals surface area contributed by atoms with Gasteiger partial charge < -0.3 is 0 Å². The molecular weight excluding hydrogens is 282 g/mol. The van der Waals surface area contributed by atoms with Gasteiger partial charge in [0.25, 0.3) is 0 Å². The highest BCUT2D eigenvalue weighted by atomic mass is 35.5. The molecular formula is C18H18ClNO. The zero-order valence-electron chi connectivity index (χ0n) is 12.4. The van der Waals surface area contributed by atoms with Gasteiger partial charge in [-0.3, -0.25) is 4.79 Å². The van der Waals surface area contributed by atoms with Gasteiger partial charge in [0, 0.05) is 6.20 Å². The molecule has 0 saturated heterocycles. The standard InChI is InChI=1S/C18H18ClNO/c1-18(2,3)15-6-4-13(5-7-15)16(9-11-21)14-8-10-20-17(19)12-14/h4-12H,1-3H3/b16-9+. The zero-order chi connectivity index (χ0) is 15.5. The van der Waals surface area contributed by atoms with Gasteiger partial charge in [0.2, 0.25) is 0 Å². The van der Waals surface area contributed by atoms with Crippen LogP contribution in [0, 0.1) is 0 Å². The molecule has 0 aliphatic rings. The highest BCUT2D eigenvalue weighted by Gasteiger charge is 2.14. The molecule has 2 aromatic rings. The van der Waals surface area contributed by atoms with E-state index in [-0.39, 0.29) is 5.41 Å². The summed E-state index contributed by atoms with van der Waals surface area (Å²) in [4.78, 5) is 14.9. The van der Waals surface area contributed by atoms with Gasteiger partial charge in [-0.2, -0.15) is 0 Å². The summed E-state index contributed by atoms with van der Waals surface area (Å²) in [5.41, 5.74) is 4.06. The summed E-state index contributed by atoms with van der Waals surface area (Å²) in [6.45, 7) is 6.52. The Labute approximate surface area is 130 Å². The first-order valence-electron chi connectivity index (χ1n) is 6.80. The van der Waals surface area contributed by atoms with Gasteiger partial charge in [-0.25, -0.2) is 4.98 Å². The number of hydrogen-bond acceptors (Lipinski definition) is 2. The summed E-state index contributed by atoms with van der Waals surface area (Å²) in [6.07, 6.45) is 3.99. The largest absolute Gasteiger partial charge is 0.299 e. The molecule has 1 aromatic carbocycles. The highest BCUT2D eigenvalue weighted by Crippen LogP contribution is 2.28. The maximum Gasteiger partial charge on any atom is 0.143 e. The quantitative estimate of drug-likeness (QED) is 0.468. The first kappa shape index (κ1) is 15.5. The molecule has 0 aliphatic carbocycles. The molecule has 0 saturated carbocycles. The smallest absolute Gasteiger partial charge is 0.143 e. The number of aromatic nitrogens is 1. The van der Waals surface area contributed by atoms with Crippen molar-refractivity contribution in [2.24, 2.45) is 0 Å². The second-order valence-electron chi connectivity index (χ2n) is 5.91. The predicted molar refractivity (Wildman–Crippen MR) is 87.5 cm³/mol. The van der Waals surface area contributed by atoms with E-state index in [2.05, 4.69) is 37.9 Å². The van der Waals surface area contributed by atoms with Crippen molar-refractivity contribution in [3.63, 3.8) is 0 Å². The van der Waals surface area contributed by atoms with E-state index < -0.39 is 0 Å². The van der Waals surface area contributed by atoms with Crippen molar-refractivity contribution in [3.8, 4) is 0 Å². The Bertz CT molecular complexity index is 666. The number of allylic oxidation sites excluding steroid dienone is 1.